The first-order chi connectivity index (χ1) is 9.56. The largest absolute Gasteiger partial charge is 0.356 e. The molecule has 0 aromatic heterocycles. The summed E-state index contributed by atoms with van der Waals surface area (Å²) in [5, 5.41) is 7.58. The van der Waals surface area contributed by atoms with E-state index in [9.17, 15) is 0 Å². The van der Waals surface area contributed by atoms with Crippen molar-refractivity contribution in [2.75, 3.05) is 5.32 Å². The van der Waals surface area contributed by atoms with Crippen LogP contribution < -0.4 is 10.6 Å². The molecule has 0 heterocycles. The van der Waals surface area contributed by atoms with E-state index in [4.69, 9.17) is 23.8 Å². The number of thiocarbonyl (C=S) groups is 1. The SMILES string of the molecule is Cc1ccc([C@H](C)NC(=S)Nc2ccccc2Cl)cc1. The Labute approximate surface area is 130 Å². The van der Waals surface area contributed by atoms with Gasteiger partial charge in [-0.15, -0.1) is 0 Å². The molecule has 0 radical (unpaired) electrons. The van der Waals surface area contributed by atoms with Gasteiger partial charge >= 0.3 is 0 Å². The topological polar surface area (TPSA) is 24.1 Å². The Kier molecular flexibility index (Phi) is 4.99. The van der Waals surface area contributed by atoms with E-state index < -0.39 is 0 Å². The second kappa shape index (κ2) is 6.73. The zero-order valence-corrected chi connectivity index (χ0v) is 13.1. The van der Waals surface area contributed by atoms with Crippen LogP contribution in [0.25, 0.3) is 0 Å². The minimum Gasteiger partial charge on any atom is -0.356 e. The van der Waals surface area contributed by atoms with Crippen molar-refractivity contribution in [3.8, 4) is 0 Å². The molecule has 0 saturated heterocycles. The molecule has 2 nitrogen and oxygen atoms in total. The number of hydrogen-bond acceptors (Lipinski definition) is 1. The van der Waals surface area contributed by atoms with Crippen LogP contribution in [0.2, 0.25) is 5.02 Å². The van der Waals surface area contributed by atoms with Crippen molar-refractivity contribution in [3.63, 3.8) is 0 Å². The van der Waals surface area contributed by atoms with Crippen LogP contribution in [0.15, 0.2) is 48.5 Å². The lowest BCUT2D eigenvalue weighted by Crippen LogP contribution is -2.30. The fraction of sp³-hybridized carbons (Fsp3) is 0.188. The van der Waals surface area contributed by atoms with Crippen molar-refractivity contribution in [2.45, 2.75) is 19.9 Å². The molecule has 0 aliphatic carbocycles. The maximum absolute atomic E-state index is 6.09. The van der Waals surface area contributed by atoms with E-state index in [1.165, 1.54) is 11.1 Å². The lowest BCUT2D eigenvalue weighted by molar-refractivity contribution is 0.722. The van der Waals surface area contributed by atoms with Crippen molar-refractivity contribution >= 4 is 34.6 Å². The summed E-state index contributed by atoms with van der Waals surface area (Å²) in [7, 11) is 0. The highest BCUT2D eigenvalue weighted by atomic mass is 35.5. The molecule has 2 aromatic carbocycles. The zero-order chi connectivity index (χ0) is 14.5. The fourth-order valence-electron chi connectivity index (χ4n) is 1.86. The second-order valence-corrected chi connectivity index (χ2v) is 5.53. The van der Waals surface area contributed by atoms with E-state index in [1.54, 1.807) is 0 Å². The summed E-state index contributed by atoms with van der Waals surface area (Å²) in [6.45, 7) is 4.15. The first-order valence-electron chi connectivity index (χ1n) is 6.45. The summed E-state index contributed by atoms with van der Waals surface area (Å²) < 4.78 is 0. The van der Waals surface area contributed by atoms with E-state index in [-0.39, 0.29) is 6.04 Å². The monoisotopic (exact) mass is 304 g/mol. The summed E-state index contributed by atoms with van der Waals surface area (Å²) in [5.74, 6) is 0. The van der Waals surface area contributed by atoms with E-state index in [0.29, 0.717) is 10.1 Å². The Bertz CT molecular complexity index is 596. The number of aryl methyl sites for hydroxylation is 1. The lowest BCUT2D eigenvalue weighted by atomic mass is 10.1. The molecular weight excluding hydrogens is 288 g/mol. The summed E-state index contributed by atoms with van der Waals surface area (Å²) in [5.41, 5.74) is 3.25. The molecule has 2 rings (SSSR count). The molecule has 0 fully saturated rings. The molecule has 20 heavy (non-hydrogen) atoms. The van der Waals surface area contributed by atoms with Crippen molar-refractivity contribution in [1.82, 2.24) is 5.32 Å². The Morgan fingerprint density at radius 2 is 1.75 bits per heavy atom. The first kappa shape index (κ1) is 14.8. The van der Waals surface area contributed by atoms with Crippen LogP contribution in [-0.4, -0.2) is 5.11 Å². The third-order valence-electron chi connectivity index (χ3n) is 3.05. The molecular formula is C16H17ClN2S. The Hall–Kier alpha value is -1.58. The number of halogens is 1. The van der Waals surface area contributed by atoms with Crippen LogP contribution in [0.1, 0.15) is 24.1 Å². The molecule has 0 spiro atoms. The van der Waals surface area contributed by atoms with Gasteiger partial charge in [-0.25, -0.2) is 0 Å². The van der Waals surface area contributed by atoms with Gasteiger partial charge in [0.05, 0.1) is 16.8 Å². The van der Waals surface area contributed by atoms with Gasteiger partial charge in [0.15, 0.2) is 5.11 Å². The molecule has 1 atom stereocenters. The number of benzene rings is 2. The lowest BCUT2D eigenvalue weighted by Gasteiger charge is -2.18. The number of para-hydroxylation sites is 1. The van der Waals surface area contributed by atoms with Crippen LogP contribution >= 0.6 is 23.8 Å². The molecule has 2 aromatic rings. The Morgan fingerprint density at radius 1 is 1.10 bits per heavy atom. The number of hydrogen-bond donors (Lipinski definition) is 2. The van der Waals surface area contributed by atoms with Gasteiger partial charge in [0.2, 0.25) is 0 Å². The predicted molar refractivity (Wildman–Crippen MR) is 90.4 cm³/mol. The molecule has 0 saturated carbocycles. The summed E-state index contributed by atoms with van der Waals surface area (Å²) in [4.78, 5) is 0. The third-order valence-corrected chi connectivity index (χ3v) is 3.60. The van der Waals surface area contributed by atoms with Crippen molar-refractivity contribution in [1.29, 1.82) is 0 Å². The average molecular weight is 305 g/mol. The molecule has 0 unspecified atom stereocenters. The zero-order valence-electron chi connectivity index (χ0n) is 11.5. The van der Waals surface area contributed by atoms with Crippen LogP contribution in [0.3, 0.4) is 0 Å². The van der Waals surface area contributed by atoms with Gasteiger partial charge in [0.1, 0.15) is 0 Å². The summed E-state index contributed by atoms with van der Waals surface area (Å²) in [6, 6.07) is 16.1. The maximum atomic E-state index is 6.09. The van der Waals surface area contributed by atoms with Crippen LogP contribution in [0.4, 0.5) is 5.69 Å². The van der Waals surface area contributed by atoms with E-state index in [1.807, 2.05) is 24.3 Å². The smallest absolute Gasteiger partial charge is 0.171 e. The third kappa shape index (κ3) is 3.95. The minimum absolute atomic E-state index is 0.137. The normalized spacial score (nSPS) is 11.8. The molecule has 0 aliphatic rings. The summed E-state index contributed by atoms with van der Waals surface area (Å²) in [6.07, 6.45) is 0. The van der Waals surface area contributed by atoms with Gasteiger partial charge in [0.25, 0.3) is 0 Å². The number of nitrogens with one attached hydrogen (secondary N) is 2. The van der Waals surface area contributed by atoms with Gasteiger partial charge in [-0.1, -0.05) is 53.6 Å². The number of rotatable bonds is 3. The molecule has 0 bridgehead atoms. The minimum atomic E-state index is 0.137. The highest BCUT2D eigenvalue weighted by Gasteiger charge is 2.07. The van der Waals surface area contributed by atoms with Crippen LogP contribution in [-0.2, 0) is 0 Å². The standard InChI is InChI=1S/C16H17ClN2S/c1-11-7-9-13(10-8-11)12(2)18-16(20)19-15-6-4-3-5-14(15)17/h3-10,12H,1-2H3,(H2,18,19,20)/t12-/m0/s1. The quantitative estimate of drug-likeness (QED) is 0.804. The highest BCUT2D eigenvalue weighted by Crippen LogP contribution is 2.20. The predicted octanol–water partition coefficient (Wildman–Crippen LogP) is 4.70. The van der Waals surface area contributed by atoms with Gasteiger partial charge in [-0.05, 0) is 43.8 Å². The average Bonchev–Trinajstić information content (AvgIpc) is 2.42. The van der Waals surface area contributed by atoms with Gasteiger partial charge in [-0.2, -0.15) is 0 Å². The van der Waals surface area contributed by atoms with Crippen molar-refractivity contribution in [2.24, 2.45) is 0 Å². The van der Waals surface area contributed by atoms with E-state index >= 15 is 0 Å². The van der Waals surface area contributed by atoms with E-state index in [0.717, 1.165) is 5.69 Å². The Morgan fingerprint density at radius 3 is 2.40 bits per heavy atom. The Balaban J connectivity index is 1.98. The van der Waals surface area contributed by atoms with Gasteiger partial charge in [-0.3, -0.25) is 0 Å². The van der Waals surface area contributed by atoms with Gasteiger partial charge < -0.3 is 10.6 Å². The molecule has 2 N–H and O–H groups in total. The summed E-state index contributed by atoms with van der Waals surface area (Å²) >= 11 is 11.4. The molecule has 0 amide bonds. The van der Waals surface area contributed by atoms with E-state index in [2.05, 4.69) is 48.7 Å². The molecule has 0 aliphatic heterocycles. The fourth-order valence-corrected chi connectivity index (χ4v) is 2.33. The number of anilines is 1. The van der Waals surface area contributed by atoms with Crippen molar-refractivity contribution in [3.05, 3.63) is 64.7 Å². The van der Waals surface area contributed by atoms with Crippen molar-refractivity contribution < 1.29 is 0 Å². The first-order valence-corrected chi connectivity index (χ1v) is 7.23. The molecule has 4 heteroatoms. The maximum Gasteiger partial charge on any atom is 0.171 e. The van der Waals surface area contributed by atoms with Crippen LogP contribution in [0, 0.1) is 6.92 Å². The van der Waals surface area contributed by atoms with Gasteiger partial charge in [0, 0.05) is 0 Å². The van der Waals surface area contributed by atoms with Crippen LogP contribution in [0.5, 0.6) is 0 Å². The molecule has 104 valence electrons. The second-order valence-electron chi connectivity index (χ2n) is 4.71. The highest BCUT2D eigenvalue weighted by molar-refractivity contribution is 7.80.